The number of nitrogens with one attached hydrogen (secondary N) is 1. The van der Waals surface area contributed by atoms with Crippen molar-refractivity contribution in [2.75, 3.05) is 0 Å². The van der Waals surface area contributed by atoms with E-state index in [1.165, 1.54) is 6.20 Å². The van der Waals surface area contributed by atoms with Crippen molar-refractivity contribution in [1.29, 1.82) is 0 Å². The topological polar surface area (TPSA) is 54.9 Å². The molecule has 92 valence electrons. The summed E-state index contributed by atoms with van der Waals surface area (Å²) in [6.07, 6.45) is -2.43. The summed E-state index contributed by atoms with van der Waals surface area (Å²) in [4.78, 5) is 18.7. The van der Waals surface area contributed by atoms with Crippen LogP contribution in [0.1, 0.15) is 23.3 Å². The minimum atomic E-state index is -4.45. The Kier molecular flexibility index (Phi) is 2.73. The quantitative estimate of drug-likeness (QED) is 0.889. The van der Waals surface area contributed by atoms with Crippen LogP contribution in [0.3, 0.4) is 0 Å². The van der Waals surface area contributed by atoms with Gasteiger partial charge in [-0.1, -0.05) is 11.6 Å². The first-order chi connectivity index (χ1) is 7.84. The standard InChI is InChI=1S/C9H7ClF3N3O/c10-6-4-14-3-5(15-6)7(17)16-8(1-2-8)9(11,12)13/h3-4H,1-2H2,(H,16,17). The summed E-state index contributed by atoms with van der Waals surface area (Å²) in [7, 11) is 0. The van der Waals surface area contributed by atoms with E-state index in [-0.39, 0.29) is 23.7 Å². The molecule has 0 spiro atoms. The molecule has 1 aromatic heterocycles. The third kappa shape index (κ3) is 2.33. The molecule has 0 aromatic carbocycles. The molecule has 2 rings (SSSR count). The highest BCUT2D eigenvalue weighted by Crippen LogP contribution is 2.48. The second-order valence-corrected chi connectivity index (χ2v) is 4.15. The van der Waals surface area contributed by atoms with Gasteiger partial charge in [0.2, 0.25) is 0 Å². The van der Waals surface area contributed by atoms with Gasteiger partial charge in [0.15, 0.2) is 0 Å². The summed E-state index contributed by atoms with van der Waals surface area (Å²) in [6.45, 7) is 0. The predicted molar refractivity (Wildman–Crippen MR) is 52.5 cm³/mol. The van der Waals surface area contributed by atoms with E-state index in [2.05, 4.69) is 9.97 Å². The Hall–Kier alpha value is -1.37. The van der Waals surface area contributed by atoms with E-state index in [1.54, 1.807) is 0 Å². The number of amides is 1. The summed E-state index contributed by atoms with van der Waals surface area (Å²) in [5.41, 5.74) is -2.33. The van der Waals surface area contributed by atoms with E-state index in [1.807, 2.05) is 5.32 Å². The maximum atomic E-state index is 12.6. The van der Waals surface area contributed by atoms with Crippen molar-refractivity contribution in [2.45, 2.75) is 24.6 Å². The zero-order chi connectivity index (χ0) is 12.7. The van der Waals surface area contributed by atoms with E-state index in [0.29, 0.717) is 0 Å². The summed E-state index contributed by atoms with van der Waals surface area (Å²) < 4.78 is 37.7. The Bertz CT molecular complexity index is 459. The van der Waals surface area contributed by atoms with Gasteiger partial charge in [0, 0.05) is 0 Å². The van der Waals surface area contributed by atoms with Gasteiger partial charge < -0.3 is 5.32 Å². The van der Waals surface area contributed by atoms with E-state index in [4.69, 9.17) is 11.6 Å². The number of carbonyl (C=O) groups excluding carboxylic acids is 1. The Morgan fingerprint density at radius 2 is 2.06 bits per heavy atom. The molecule has 1 saturated carbocycles. The maximum Gasteiger partial charge on any atom is 0.411 e. The Labute approximate surface area is 99.2 Å². The van der Waals surface area contributed by atoms with Crippen LogP contribution in [0.25, 0.3) is 0 Å². The lowest BCUT2D eigenvalue weighted by Crippen LogP contribution is -2.48. The van der Waals surface area contributed by atoms with Gasteiger partial charge in [0.25, 0.3) is 5.91 Å². The molecule has 1 N–H and O–H groups in total. The van der Waals surface area contributed by atoms with Crippen LogP contribution in [0, 0.1) is 0 Å². The van der Waals surface area contributed by atoms with Crippen molar-refractivity contribution in [3.8, 4) is 0 Å². The van der Waals surface area contributed by atoms with Crippen LogP contribution in [0.4, 0.5) is 13.2 Å². The van der Waals surface area contributed by atoms with Crippen molar-refractivity contribution < 1.29 is 18.0 Å². The highest BCUT2D eigenvalue weighted by Gasteiger charge is 2.64. The molecule has 1 aromatic rings. The van der Waals surface area contributed by atoms with Crippen molar-refractivity contribution in [1.82, 2.24) is 15.3 Å². The second-order valence-electron chi connectivity index (χ2n) is 3.76. The van der Waals surface area contributed by atoms with Gasteiger partial charge in [-0.2, -0.15) is 13.2 Å². The Morgan fingerprint density at radius 3 is 2.53 bits per heavy atom. The average molecular weight is 266 g/mol. The number of hydrogen-bond donors (Lipinski definition) is 1. The monoisotopic (exact) mass is 265 g/mol. The molecule has 0 saturated heterocycles. The number of carbonyl (C=O) groups is 1. The third-order valence-electron chi connectivity index (χ3n) is 2.48. The molecule has 1 fully saturated rings. The van der Waals surface area contributed by atoms with Crippen LogP contribution in [-0.4, -0.2) is 27.6 Å². The number of nitrogens with zero attached hydrogens (tertiary/aromatic N) is 2. The molecule has 4 nitrogen and oxygen atoms in total. The summed E-state index contributed by atoms with van der Waals surface area (Å²) in [5, 5.41) is 1.88. The first-order valence-corrected chi connectivity index (χ1v) is 5.09. The number of hydrogen-bond acceptors (Lipinski definition) is 3. The molecule has 0 radical (unpaired) electrons. The van der Waals surface area contributed by atoms with E-state index < -0.39 is 17.6 Å². The smallest absolute Gasteiger partial charge is 0.336 e. The fourth-order valence-corrected chi connectivity index (χ4v) is 1.48. The number of rotatable bonds is 2. The maximum absolute atomic E-state index is 12.6. The molecule has 0 aliphatic heterocycles. The summed E-state index contributed by atoms with van der Waals surface area (Å²) >= 11 is 5.49. The summed E-state index contributed by atoms with van der Waals surface area (Å²) in [6, 6.07) is 0. The van der Waals surface area contributed by atoms with Gasteiger partial charge in [0.1, 0.15) is 16.4 Å². The minimum Gasteiger partial charge on any atom is -0.336 e. The van der Waals surface area contributed by atoms with Gasteiger partial charge in [-0.05, 0) is 12.8 Å². The largest absolute Gasteiger partial charge is 0.411 e. The molecule has 17 heavy (non-hydrogen) atoms. The molecular formula is C9H7ClF3N3O. The minimum absolute atomic E-state index is 0.0468. The van der Waals surface area contributed by atoms with Crippen molar-refractivity contribution in [2.24, 2.45) is 0 Å². The molecule has 1 amide bonds. The van der Waals surface area contributed by atoms with Crippen LogP contribution in [0.15, 0.2) is 12.4 Å². The SMILES string of the molecule is O=C(NC1(C(F)(F)F)CC1)c1cncc(Cl)n1. The van der Waals surface area contributed by atoms with Gasteiger partial charge >= 0.3 is 6.18 Å². The summed E-state index contributed by atoms with van der Waals surface area (Å²) in [5.74, 6) is -0.921. The molecule has 0 atom stereocenters. The fourth-order valence-electron chi connectivity index (χ4n) is 1.34. The van der Waals surface area contributed by atoms with Gasteiger partial charge in [0.05, 0.1) is 12.4 Å². The Balaban J connectivity index is 2.13. The highest BCUT2D eigenvalue weighted by atomic mass is 35.5. The van der Waals surface area contributed by atoms with Crippen LogP contribution in [0.2, 0.25) is 5.15 Å². The average Bonchev–Trinajstić information content (AvgIpc) is 2.98. The van der Waals surface area contributed by atoms with Gasteiger partial charge in [-0.25, -0.2) is 4.98 Å². The predicted octanol–water partition coefficient (Wildman–Crippen LogP) is 1.95. The molecule has 0 bridgehead atoms. The molecular weight excluding hydrogens is 259 g/mol. The Morgan fingerprint density at radius 1 is 1.41 bits per heavy atom. The first-order valence-electron chi connectivity index (χ1n) is 4.71. The van der Waals surface area contributed by atoms with Crippen LogP contribution < -0.4 is 5.32 Å². The van der Waals surface area contributed by atoms with Gasteiger partial charge in [-0.3, -0.25) is 9.78 Å². The first kappa shape index (κ1) is 12.1. The molecule has 0 unspecified atom stereocenters. The zero-order valence-corrected chi connectivity index (χ0v) is 9.14. The van der Waals surface area contributed by atoms with E-state index in [0.717, 1.165) is 6.20 Å². The molecule has 8 heteroatoms. The van der Waals surface area contributed by atoms with Gasteiger partial charge in [-0.15, -0.1) is 0 Å². The zero-order valence-electron chi connectivity index (χ0n) is 8.38. The second kappa shape index (κ2) is 3.83. The lowest BCUT2D eigenvalue weighted by atomic mass is 10.2. The highest BCUT2D eigenvalue weighted by molar-refractivity contribution is 6.29. The van der Waals surface area contributed by atoms with Crippen molar-refractivity contribution in [3.63, 3.8) is 0 Å². The lowest BCUT2D eigenvalue weighted by Gasteiger charge is -2.20. The van der Waals surface area contributed by atoms with Crippen LogP contribution >= 0.6 is 11.6 Å². The van der Waals surface area contributed by atoms with Crippen LogP contribution in [-0.2, 0) is 0 Å². The third-order valence-corrected chi connectivity index (χ3v) is 2.67. The normalized spacial score (nSPS) is 17.6. The number of halogens is 4. The van der Waals surface area contributed by atoms with E-state index in [9.17, 15) is 18.0 Å². The fraction of sp³-hybridized carbons (Fsp3) is 0.444. The van der Waals surface area contributed by atoms with Crippen LogP contribution in [0.5, 0.6) is 0 Å². The molecule has 1 heterocycles. The van der Waals surface area contributed by atoms with E-state index >= 15 is 0 Å². The molecule has 1 aliphatic carbocycles. The van der Waals surface area contributed by atoms with Crippen molar-refractivity contribution >= 4 is 17.5 Å². The number of alkyl halides is 3. The van der Waals surface area contributed by atoms with Crippen molar-refractivity contribution in [3.05, 3.63) is 23.2 Å². The molecule has 1 aliphatic rings. The number of aromatic nitrogens is 2. The lowest BCUT2D eigenvalue weighted by molar-refractivity contribution is -0.163.